The maximum atomic E-state index is 12.8. The Morgan fingerprint density at radius 1 is 1.26 bits per heavy atom. The van der Waals surface area contributed by atoms with Gasteiger partial charge < -0.3 is 5.32 Å². The van der Waals surface area contributed by atoms with E-state index in [9.17, 15) is 4.79 Å². The first-order chi connectivity index (χ1) is 14.4. The lowest BCUT2D eigenvalue weighted by Crippen LogP contribution is -2.45. The number of amides is 1. The third kappa shape index (κ3) is 5.20. The number of aliphatic imine (C=N–C) groups is 1. The van der Waals surface area contributed by atoms with Crippen molar-refractivity contribution in [2.45, 2.75) is 90.6 Å². The second kappa shape index (κ2) is 9.02. The summed E-state index contributed by atoms with van der Waals surface area (Å²) in [5, 5.41) is 21.4. The normalized spacial score (nSPS) is 24.4. The second-order valence-electron chi connectivity index (χ2n) is 9.75. The zero-order valence-corrected chi connectivity index (χ0v) is 20.9. The van der Waals surface area contributed by atoms with Crippen LogP contribution in [0.15, 0.2) is 4.99 Å². The highest BCUT2D eigenvalue weighted by molar-refractivity contribution is 7.17. The number of nitrogens with zero attached hydrogens (tertiary/aromatic N) is 2. The van der Waals surface area contributed by atoms with E-state index in [0.717, 1.165) is 47.5 Å². The fourth-order valence-electron chi connectivity index (χ4n) is 4.38. The van der Waals surface area contributed by atoms with Crippen molar-refractivity contribution in [2.75, 3.05) is 4.90 Å². The molecule has 1 fully saturated rings. The van der Waals surface area contributed by atoms with E-state index in [2.05, 4.69) is 19.2 Å². The quantitative estimate of drug-likeness (QED) is 0.317. The van der Waals surface area contributed by atoms with E-state index in [0.29, 0.717) is 0 Å². The van der Waals surface area contributed by atoms with Crippen LogP contribution >= 0.6 is 22.9 Å². The highest BCUT2D eigenvalue weighted by Crippen LogP contribution is 2.42. The summed E-state index contributed by atoms with van der Waals surface area (Å²) in [4.78, 5) is 20.7. The van der Waals surface area contributed by atoms with Gasteiger partial charge in [-0.1, -0.05) is 0 Å². The van der Waals surface area contributed by atoms with Gasteiger partial charge in [0.05, 0.1) is 6.42 Å². The number of halogens is 1. The van der Waals surface area contributed by atoms with Gasteiger partial charge in [-0.15, -0.1) is 22.9 Å². The van der Waals surface area contributed by atoms with Gasteiger partial charge in [0.2, 0.25) is 5.91 Å². The molecular formula is C23H34ClN5OS. The largest absolute Gasteiger partial charge is 0.351 e. The average Bonchev–Trinajstić information content (AvgIpc) is 2.85. The number of nitrogens with one attached hydrogen (secondary N) is 3. The SMILES string of the molecule is CC(=N)N1C(=N)C(CC(=O)NC(C)(C)C)N=C(C2CCC(Cl)CC2)c2c1sc(C)c2C. The molecule has 31 heavy (non-hydrogen) atoms. The van der Waals surface area contributed by atoms with Crippen LogP contribution in [0.1, 0.15) is 75.8 Å². The monoisotopic (exact) mass is 463 g/mol. The molecular weight excluding hydrogens is 430 g/mol. The number of hydrogen-bond acceptors (Lipinski definition) is 5. The molecule has 2 heterocycles. The summed E-state index contributed by atoms with van der Waals surface area (Å²) >= 11 is 7.98. The minimum atomic E-state index is -0.620. The van der Waals surface area contributed by atoms with Crippen LogP contribution in [0.3, 0.4) is 0 Å². The van der Waals surface area contributed by atoms with Gasteiger partial charge in [-0.25, -0.2) is 0 Å². The number of hydrogen-bond donors (Lipinski definition) is 3. The van der Waals surface area contributed by atoms with Gasteiger partial charge >= 0.3 is 0 Å². The molecule has 1 amide bonds. The lowest BCUT2D eigenvalue weighted by Gasteiger charge is -2.27. The number of anilines is 1. The Hall–Kier alpha value is -1.73. The molecule has 3 N–H and O–H groups in total. The average molecular weight is 464 g/mol. The molecule has 1 unspecified atom stereocenters. The molecule has 170 valence electrons. The molecule has 1 aliphatic carbocycles. The molecule has 1 atom stereocenters. The number of rotatable bonds is 3. The van der Waals surface area contributed by atoms with Crippen molar-refractivity contribution in [3.63, 3.8) is 0 Å². The summed E-state index contributed by atoms with van der Waals surface area (Å²) in [5.74, 6) is 0.596. The number of alkyl halides is 1. The van der Waals surface area contributed by atoms with Crippen molar-refractivity contribution >= 4 is 51.2 Å². The highest BCUT2D eigenvalue weighted by atomic mass is 35.5. The topological polar surface area (TPSA) is 92.4 Å². The standard InChI is InChI=1S/C23H34ClN5OS/c1-12-13(2)31-22-19(12)20(15-7-9-16(24)10-8-15)27-17(21(26)29(22)14(3)25)11-18(30)28-23(4,5)6/h15-17,25-26H,7-11H2,1-6H3,(H,28,30). The smallest absolute Gasteiger partial charge is 0.223 e. The van der Waals surface area contributed by atoms with Gasteiger partial charge in [-0.2, -0.15) is 0 Å². The number of amidine groups is 2. The first kappa shape index (κ1) is 23.9. The molecule has 8 heteroatoms. The van der Waals surface area contributed by atoms with Crippen LogP contribution in [0.2, 0.25) is 0 Å². The molecule has 0 bridgehead atoms. The summed E-state index contributed by atoms with van der Waals surface area (Å²) in [6.07, 6.45) is 3.91. The Labute approximate surface area is 194 Å². The van der Waals surface area contributed by atoms with Crippen molar-refractivity contribution in [3.05, 3.63) is 16.0 Å². The Morgan fingerprint density at radius 2 is 1.87 bits per heavy atom. The van der Waals surface area contributed by atoms with Gasteiger partial charge in [0.25, 0.3) is 0 Å². The van der Waals surface area contributed by atoms with Crippen molar-refractivity contribution in [1.29, 1.82) is 10.8 Å². The van der Waals surface area contributed by atoms with E-state index in [1.807, 2.05) is 20.8 Å². The summed E-state index contributed by atoms with van der Waals surface area (Å²) in [6, 6.07) is -0.620. The van der Waals surface area contributed by atoms with Gasteiger partial charge in [0.15, 0.2) is 0 Å². The van der Waals surface area contributed by atoms with E-state index in [-0.39, 0.29) is 40.8 Å². The van der Waals surface area contributed by atoms with Crippen molar-refractivity contribution in [2.24, 2.45) is 10.9 Å². The van der Waals surface area contributed by atoms with E-state index in [1.165, 1.54) is 4.88 Å². The Bertz CT molecular complexity index is 921. The van der Waals surface area contributed by atoms with Crippen LogP contribution in [0, 0.1) is 30.6 Å². The summed E-state index contributed by atoms with van der Waals surface area (Å²) in [5.41, 5.74) is 2.85. The van der Waals surface area contributed by atoms with Crippen LogP contribution < -0.4 is 10.2 Å². The second-order valence-corrected chi connectivity index (χ2v) is 11.6. The van der Waals surface area contributed by atoms with E-state index < -0.39 is 6.04 Å². The van der Waals surface area contributed by atoms with Gasteiger partial charge in [0, 0.05) is 33.0 Å². The number of fused-ring (bicyclic) bond motifs is 1. The zero-order valence-electron chi connectivity index (χ0n) is 19.4. The van der Waals surface area contributed by atoms with Gasteiger partial charge in [-0.3, -0.25) is 25.5 Å². The van der Waals surface area contributed by atoms with Crippen LogP contribution in [0.25, 0.3) is 0 Å². The molecule has 2 aliphatic rings. The summed E-state index contributed by atoms with van der Waals surface area (Å²) in [7, 11) is 0. The Kier molecular flexibility index (Phi) is 6.96. The van der Waals surface area contributed by atoms with Crippen LogP contribution in [-0.4, -0.2) is 40.2 Å². The van der Waals surface area contributed by atoms with E-state index >= 15 is 0 Å². The fraction of sp³-hybridized carbons (Fsp3) is 0.652. The molecule has 0 saturated heterocycles. The van der Waals surface area contributed by atoms with Gasteiger partial charge in [0.1, 0.15) is 22.7 Å². The van der Waals surface area contributed by atoms with Crippen molar-refractivity contribution in [3.8, 4) is 0 Å². The minimum Gasteiger partial charge on any atom is -0.351 e. The van der Waals surface area contributed by atoms with Crippen LogP contribution in [-0.2, 0) is 4.79 Å². The zero-order chi connectivity index (χ0) is 23.1. The van der Waals surface area contributed by atoms with E-state index in [1.54, 1.807) is 23.2 Å². The number of carbonyl (C=O) groups excluding carboxylic acids is 1. The predicted molar refractivity (Wildman–Crippen MR) is 132 cm³/mol. The predicted octanol–water partition coefficient (Wildman–Crippen LogP) is 5.42. The van der Waals surface area contributed by atoms with Crippen molar-refractivity contribution < 1.29 is 4.79 Å². The third-order valence-electron chi connectivity index (χ3n) is 5.95. The Balaban J connectivity index is 2.09. The number of thiophene rings is 1. The summed E-state index contributed by atoms with van der Waals surface area (Å²) < 4.78 is 0. The molecule has 6 nitrogen and oxygen atoms in total. The van der Waals surface area contributed by atoms with E-state index in [4.69, 9.17) is 27.4 Å². The van der Waals surface area contributed by atoms with Gasteiger partial charge in [-0.05, 0) is 72.8 Å². The van der Waals surface area contributed by atoms with Crippen LogP contribution in [0.5, 0.6) is 0 Å². The molecule has 0 radical (unpaired) electrons. The summed E-state index contributed by atoms with van der Waals surface area (Å²) in [6.45, 7) is 11.7. The lowest BCUT2D eigenvalue weighted by atomic mass is 9.82. The maximum absolute atomic E-state index is 12.8. The lowest BCUT2D eigenvalue weighted by molar-refractivity contribution is -0.122. The van der Waals surface area contributed by atoms with Crippen molar-refractivity contribution in [1.82, 2.24) is 5.32 Å². The minimum absolute atomic E-state index is 0.0984. The first-order valence-corrected chi connectivity index (χ1v) is 12.2. The molecule has 0 aromatic carbocycles. The molecule has 1 saturated carbocycles. The third-order valence-corrected chi connectivity index (χ3v) is 7.58. The fourth-order valence-corrected chi connectivity index (χ4v) is 5.86. The van der Waals surface area contributed by atoms with Crippen LogP contribution in [0.4, 0.5) is 5.00 Å². The molecule has 1 aromatic heterocycles. The number of carbonyl (C=O) groups is 1. The number of aryl methyl sites for hydroxylation is 1. The molecule has 1 aliphatic heterocycles. The first-order valence-electron chi connectivity index (χ1n) is 11.0. The maximum Gasteiger partial charge on any atom is 0.223 e. The molecule has 3 rings (SSSR count). The molecule has 1 aromatic rings. The highest BCUT2D eigenvalue weighted by Gasteiger charge is 2.37. The molecule has 0 spiro atoms. The Morgan fingerprint density at radius 3 is 2.42 bits per heavy atom.